The van der Waals surface area contributed by atoms with Gasteiger partial charge in [-0.15, -0.1) is 0 Å². The molecule has 1 heterocycles. The molecule has 0 aromatic carbocycles. The van der Waals surface area contributed by atoms with Gasteiger partial charge in [-0.25, -0.2) is 0 Å². The van der Waals surface area contributed by atoms with Crippen LogP contribution in [0.25, 0.3) is 0 Å². The van der Waals surface area contributed by atoms with E-state index in [2.05, 4.69) is 0 Å². The van der Waals surface area contributed by atoms with Gasteiger partial charge in [0, 0.05) is 0 Å². The van der Waals surface area contributed by atoms with Crippen molar-refractivity contribution in [3.05, 3.63) is 0 Å². The van der Waals surface area contributed by atoms with Gasteiger partial charge in [0.2, 0.25) is 0 Å². The third-order valence-electron chi connectivity index (χ3n) is 2.09. The van der Waals surface area contributed by atoms with Gasteiger partial charge in [0.1, 0.15) is 6.10 Å². The molecule has 3 nitrogen and oxygen atoms in total. The van der Waals surface area contributed by atoms with Gasteiger partial charge in [-0.3, -0.25) is 0 Å². The molecular weight excluding hydrogens is 156 g/mol. The van der Waals surface area contributed by atoms with E-state index in [0.29, 0.717) is 6.61 Å². The molecule has 0 aliphatic carbocycles. The maximum Gasteiger partial charge on any atom is 0.163 e. The van der Waals surface area contributed by atoms with Crippen molar-refractivity contribution in [2.24, 2.45) is 5.92 Å². The molecule has 1 unspecified atom stereocenters. The van der Waals surface area contributed by atoms with Crippen LogP contribution in [-0.4, -0.2) is 29.7 Å². The van der Waals surface area contributed by atoms with Crippen LogP contribution in [0.4, 0.5) is 0 Å². The molecule has 1 saturated heterocycles. The molecule has 1 N–H and O–H groups in total. The summed E-state index contributed by atoms with van der Waals surface area (Å²) in [4.78, 5) is 0. The lowest BCUT2D eigenvalue weighted by atomic mass is 10.0. The average molecular weight is 174 g/mol. The maximum atomic E-state index is 9.65. The molecule has 1 aliphatic heterocycles. The highest BCUT2D eigenvalue weighted by atomic mass is 16.7. The summed E-state index contributed by atoms with van der Waals surface area (Å²) in [7, 11) is 0. The number of aliphatic hydroxyl groups is 1. The first-order valence-corrected chi connectivity index (χ1v) is 4.42. The van der Waals surface area contributed by atoms with Crippen molar-refractivity contribution in [3.63, 3.8) is 0 Å². The quantitative estimate of drug-likeness (QED) is 0.682. The van der Waals surface area contributed by atoms with Crippen LogP contribution in [0.2, 0.25) is 0 Å². The molecule has 0 spiro atoms. The normalized spacial score (nSPS) is 31.0. The third kappa shape index (κ3) is 2.19. The van der Waals surface area contributed by atoms with Gasteiger partial charge in [-0.1, -0.05) is 13.8 Å². The molecule has 3 heteroatoms. The Morgan fingerprint density at radius 3 is 2.33 bits per heavy atom. The van der Waals surface area contributed by atoms with Crippen molar-refractivity contribution < 1.29 is 14.6 Å². The van der Waals surface area contributed by atoms with E-state index >= 15 is 0 Å². The maximum absolute atomic E-state index is 9.65. The van der Waals surface area contributed by atoms with Crippen molar-refractivity contribution in [2.75, 3.05) is 6.61 Å². The lowest BCUT2D eigenvalue weighted by Gasteiger charge is -2.22. The fraction of sp³-hybridized carbons (Fsp3) is 1.00. The largest absolute Gasteiger partial charge is 0.390 e. The van der Waals surface area contributed by atoms with E-state index in [1.165, 1.54) is 0 Å². The minimum atomic E-state index is -0.527. The summed E-state index contributed by atoms with van der Waals surface area (Å²) in [6.07, 6.45) is -0.591. The molecule has 1 fully saturated rings. The Bertz CT molecular complexity index is 154. The highest BCUT2D eigenvalue weighted by molar-refractivity contribution is 4.79. The standard InChI is InChI=1S/C9H18O3/c1-6(2)8(10)7-5-11-9(3,4)12-7/h6-8,10H,5H2,1-4H3/t7-,8?/m1/s1. The second kappa shape index (κ2) is 3.32. The first kappa shape index (κ1) is 9.96. The summed E-state index contributed by atoms with van der Waals surface area (Å²) in [6, 6.07) is 0. The van der Waals surface area contributed by atoms with Crippen molar-refractivity contribution in [1.82, 2.24) is 0 Å². The Morgan fingerprint density at radius 1 is 1.42 bits per heavy atom. The van der Waals surface area contributed by atoms with Gasteiger partial charge >= 0.3 is 0 Å². The van der Waals surface area contributed by atoms with E-state index in [9.17, 15) is 5.11 Å². The van der Waals surface area contributed by atoms with Crippen LogP contribution in [0, 0.1) is 5.92 Å². The number of hydrogen-bond acceptors (Lipinski definition) is 3. The molecule has 1 aliphatic rings. The third-order valence-corrected chi connectivity index (χ3v) is 2.09. The summed E-state index contributed by atoms with van der Waals surface area (Å²) in [5, 5.41) is 9.65. The lowest BCUT2D eigenvalue weighted by Crippen LogP contribution is -2.34. The number of rotatable bonds is 2. The van der Waals surface area contributed by atoms with Crippen LogP contribution in [0.3, 0.4) is 0 Å². The lowest BCUT2D eigenvalue weighted by molar-refractivity contribution is -0.154. The van der Waals surface area contributed by atoms with E-state index in [4.69, 9.17) is 9.47 Å². The Balaban J connectivity index is 2.47. The van der Waals surface area contributed by atoms with E-state index in [-0.39, 0.29) is 12.0 Å². The number of ether oxygens (including phenoxy) is 2. The zero-order valence-corrected chi connectivity index (χ0v) is 8.20. The minimum absolute atomic E-state index is 0.167. The zero-order valence-electron chi connectivity index (χ0n) is 8.20. The molecule has 0 amide bonds. The first-order chi connectivity index (χ1) is 5.42. The molecule has 2 atom stereocenters. The van der Waals surface area contributed by atoms with Crippen LogP contribution in [0.5, 0.6) is 0 Å². The number of aliphatic hydroxyl groups excluding tert-OH is 1. The Morgan fingerprint density at radius 2 is 2.00 bits per heavy atom. The highest BCUT2D eigenvalue weighted by Gasteiger charge is 2.37. The minimum Gasteiger partial charge on any atom is -0.390 e. The summed E-state index contributed by atoms with van der Waals surface area (Å²) in [5.41, 5.74) is 0. The molecule has 0 aromatic rings. The first-order valence-electron chi connectivity index (χ1n) is 4.42. The summed E-state index contributed by atoms with van der Waals surface area (Å²) in [6.45, 7) is 8.16. The summed E-state index contributed by atoms with van der Waals surface area (Å²) < 4.78 is 10.8. The number of hydrogen-bond donors (Lipinski definition) is 1. The van der Waals surface area contributed by atoms with Gasteiger partial charge in [0.05, 0.1) is 12.7 Å². The van der Waals surface area contributed by atoms with E-state index in [1.807, 2.05) is 27.7 Å². The van der Waals surface area contributed by atoms with Gasteiger partial charge in [-0.05, 0) is 19.8 Å². The molecule has 12 heavy (non-hydrogen) atoms. The monoisotopic (exact) mass is 174 g/mol. The fourth-order valence-electron chi connectivity index (χ4n) is 1.31. The molecule has 0 aromatic heterocycles. The summed E-state index contributed by atoms with van der Waals surface area (Å²) >= 11 is 0. The smallest absolute Gasteiger partial charge is 0.163 e. The van der Waals surface area contributed by atoms with Crippen molar-refractivity contribution in [1.29, 1.82) is 0 Å². The fourth-order valence-corrected chi connectivity index (χ4v) is 1.31. The predicted molar refractivity (Wildman–Crippen MR) is 45.7 cm³/mol. The highest BCUT2D eigenvalue weighted by Crippen LogP contribution is 2.26. The second-order valence-corrected chi connectivity index (χ2v) is 4.10. The molecule has 1 rings (SSSR count). The second-order valence-electron chi connectivity index (χ2n) is 4.10. The van der Waals surface area contributed by atoms with Crippen LogP contribution in [0.15, 0.2) is 0 Å². The van der Waals surface area contributed by atoms with E-state index in [0.717, 1.165) is 0 Å². The Hall–Kier alpha value is -0.120. The van der Waals surface area contributed by atoms with Crippen LogP contribution in [0.1, 0.15) is 27.7 Å². The van der Waals surface area contributed by atoms with Crippen molar-refractivity contribution in [3.8, 4) is 0 Å². The zero-order chi connectivity index (χ0) is 9.35. The van der Waals surface area contributed by atoms with Gasteiger partial charge < -0.3 is 14.6 Å². The van der Waals surface area contributed by atoms with E-state index in [1.54, 1.807) is 0 Å². The van der Waals surface area contributed by atoms with Crippen molar-refractivity contribution >= 4 is 0 Å². The SMILES string of the molecule is CC(C)C(O)[C@H]1COC(C)(C)O1. The Labute approximate surface area is 73.7 Å². The van der Waals surface area contributed by atoms with Crippen LogP contribution >= 0.6 is 0 Å². The average Bonchev–Trinajstić information content (AvgIpc) is 2.28. The predicted octanol–water partition coefficient (Wildman–Crippen LogP) is 1.15. The molecule has 0 saturated carbocycles. The Kier molecular flexibility index (Phi) is 2.76. The van der Waals surface area contributed by atoms with Gasteiger partial charge in [-0.2, -0.15) is 0 Å². The van der Waals surface area contributed by atoms with Crippen LogP contribution in [-0.2, 0) is 9.47 Å². The van der Waals surface area contributed by atoms with Crippen molar-refractivity contribution in [2.45, 2.75) is 45.7 Å². The van der Waals surface area contributed by atoms with E-state index < -0.39 is 11.9 Å². The topological polar surface area (TPSA) is 38.7 Å². The summed E-state index contributed by atoms with van der Waals surface area (Å²) in [5.74, 6) is -0.312. The molecule has 0 bridgehead atoms. The van der Waals surface area contributed by atoms with Gasteiger partial charge in [0.15, 0.2) is 5.79 Å². The molecule has 0 radical (unpaired) electrons. The van der Waals surface area contributed by atoms with Crippen LogP contribution < -0.4 is 0 Å². The van der Waals surface area contributed by atoms with Gasteiger partial charge in [0.25, 0.3) is 0 Å². The molecular formula is C9H18O3. The molecule has 72 valence electrons.